The van der Waals surface area contributed by atoms with Crippen molar-refractivity contribution < 1.29 is 9.59 Å². The van der Waals surface area contributed by atoms with E-state index in [4.69, 9.17) is 0 Å². The molecule has 2 heteroatoms. The van der Waals surface area contributed by atoms with Crippen molar-refractivity contribution in [3.63, 3.8) is 0 Å². The van der Waals surface area contributed by atoms with Crippen LogP contribution in [0.15, 0.2) is 66.7 Å². The molecular formula is C18H11O2. The van der Waals surface area contributed by atoms with Gasteiger partial charge in [0, 0.05) is 16.7 Å². The summed E-state index contributed by atoms with van der Waals surface area (Å²) in [6.07, 6.45) is 1.92. The second-order valence-corrected chi connectivity index (χ2v) is 4.51. The number of ketones is 1. The minimum atomic E-state index is -0.158. The first-order valence-corrected chi connectivity index (χ1v) is 6.31. The van der Waals surface area contributed by atoms with Gasteiger partial charge in [0.2, 0.25) is 6.29 Å². The van der Waals surface area contributed by atoms with Gasteiger partial charge in [0.1, 0.15) is 0 Å². The predicted molar refractivity (Wildman–Crippen MR) is 78.6 cm³/mol. The third-order valence-corrected chi connectivity index (χ3v) is 3.31. The summed E-state index contributed by atoms with van der Waals surface area (Å²) in [5, 5.41) is 1.68. The molecule has 0 atom stereocenters. The van der Waals surface area contributed by atoms with E-state index in [1.807, 2.05) is 42.7 Å². The Morgan fingerprint density at radius 1 is 0.800 bits per heavy atom. The topological polar surface area (TPSA) is 34.1 Å². The van der Waals surface area contributed by atoms with Crippen molar-refractivity contribution in [2.24, 2.45) is 0 Å². The van der Waals surface area contributed by atoms with Crippen LogP contribution >= 0.6 is 0 Å². The van der Waals surface area contributed by atoms with E-state index in [0.717, 1.165) is 10.8 Å². The molecule has 0 aliphatic rings. The number of carbonyl (C=O) groups is 1. The van der Waals surface area contributed by atoms with E-state index in [9.17, 15) is 9.59 Å². The van der Waals surface area contributed by atoms with Gasteiger partial charge < -0.3 is 0 Å². The number of hydrogen-bond acceptors (Lipinski definition) is 2. The number of carbonyl (C=O) groups excluding carboxylic acids is 2. The second kappa shape index (κ2) is 5.10. The van der Waals surface area contributed by atoms with Crippen LogP contribution in [0.3, 0.4) is 0 Å². The standard InChI is InChI=1S/C18H11O2/c19-12-17-15-9-5-4-6-13(15)10-11-16(17)18(20)14-7-2-1-3-8-14/h1-11H. The minimum absolute atomic E-state index is 0.158. The van der Waals surface area contributed by atoms with Gasteiger partial charge in [-0.2, -0.15) is 0 Å². The molecular weight excluding hydrogens is 248 g/mol. The maximum atomic E-state index is 12.5. The Morgan fingerprint density at radius 3 is 2.25 bits per heavy atom. The summed E-state index contributed by atoms with van der Waals surface area (Å²) in [6.45, 7) is 0. The lowest BCUT2D eigenvalue weighted by Gasteiger charge is -2.07. The zero-order valence-electron chi connectivity index (χ0n) is 10.7. The number of rotatable bonds is 3. The van der Waals surface area contributed by atoms with Crippen LogP contribution in [0.25, 0.3) is 10.8 Å². The Kier molecular flexibility index (Phi) is 3.13. The first-order chi connectivity index (χ1) is 9.81. The molecule has 3 aromatic carbocycles. The van der Waals surface area contributed by atoms with Gasteiger partial charge in [-0.1, -0.05) is 60.7 Å². The van der Waals surface area contributed by atoms with Crippen molar-refractivity contribution in [1.29, 1.82) is 0 Å². The highest BCUT2D eigenvalue weighted by Gasteiger charge is 2.15. The molecule has 0 amide bonds. The number of hydrogen-bond donors (Lipinski definition) is 0. The fourth-order valence-corrected chi connectivity index (χ4v) is 2.32. The highest BCUT2D eigenvalue weighted by atomic mass is 16.1. The molecule has 95 valence electrons. The van der Waals surface area contributed by atoms with E-state index < -0.39 is 0 Å². The van der Waals surface area contributed by atoms with E-state index in [0.29, 0.717) is 16.7 Å². The molecule has 0 saturated heterocycles. The Balaban J connectivity index is 2.22. The van der Waals surface area contributed by atoms with Gasteiger partial charge in [0.15, 0.2) is 5.78 Å². The Morgan fingerprint density at radius 2 is 1.50 bits per heavy atom. The van der Waals surface area contributed by atoms with Crippen LogP contribution in [0.4, 0.5) is 0 Å². The van der Waals surface area contributed by atoms with Crippen LogP contribution in [-0.2, 0) is 4.79 Å². The van der Waals surface area contributed by atoms with Crippen LogP contribution in [0.2, 0.25) is 0 Å². The fourth-order valence-electron chi connectivity index (χ4n) is 2.32. The highest BCUT2D eigenvalue weighted by Crippen LogP contribution is 2.23. The molecule has 20 heavy (non-hydrogen) atoms. The zero-order valence-corrected chi connectivity index (χ0v) is 10.7. The van der Waals surface area contributed by atoms with Gasteiger partial charge in [-0.3, -0.25) is 9.59 Å². The van der Waals surface area contributed by atoms with E-state index in [2.05, 4.69) is 0 Å². The van der Waals surface area contributed by atoms with Gasteiger partial charge in [-0.15, -0.1) is 0 Å². The molecule has 0 bridgehead atoms. The lowest BCUT2D eigenvalue weighted by molar-refractivity contribution is 0.103. The van der Waals surface area contributed by atoms with Crippen molar-refractivity contribution in [1.82, 2.24) is 0 Å². The smallest absolute Gasteiger partial charge is 0.234 e. The van der Waals surface area contributed by atoms with Crippen LogP contribution in [-0.4, -0.2) is 12.1 Å². The third kappa shape index (κ3) is 2.01. The van der Waals surface area contributed by atoms with Crippen LogP contribution in [0, 0.1) is 0 Å². The van der Waals surface area contributed by atoms with Gasteiger partial charge >= 0.3 is 0 Å². The summed E-state index contributed by atoms with van der Waals surface area (Å²) in [6, 6.07) is 20.0. The average Bonchev–Trinajstić information content (AvgIpc) is 2.54. The van der Waals surface area contributed by atoms with Crippen molar-refractivity contribution in [2.45, 2.75) is 0 Å². The Hall–Kier alpha value is -2.74. The Bertz CT molecular complexity index is 789. The fraction of sp³-hybridized carbons (Fsp3) is 0. The van der Waals surface area contributed by atoms with Crippen molar-refractivity contribution in [3.8, 4) is 0 Å². The molecule has 1 radical (unpaired) electrons. The molecule has 0 saturated carbocycles. The number of fused-ring (bicyclic) bond motifs is 1. The molecule has 0 N–H and O–H groups in total. The van der Waals surface area contributed by atoms with Crippen molar-refractivity contribution in [2.75, 3.05) is 0 Å². The lowest BCUT2D eigenvalue weighted by atomic mass is 9.94. The predicted octanol–water partition coefficient (Wildman–Crippen LogP) is 3.53. The Labute approximate surface area is 116 Å². The normalized spacial score (nSPS) is 10.4. The van der Waals surface area contributed by atoms with Crippen LogP contribution in [0.1, 0.15) is 21.5 Å². The van der Waals surface area contributed by atoms with Crippen molar-refractivity contribution >= 4 is 22.8 Å². The first-order valence-electron chi connectivity index (χ1n) is 6.31. The summed E-state index contributed by atoms with van der Waals surface area (Å²) in [5.74, 6) is -0.158. The maximum absolute atomic E-state index is 12.5. The van der Waals surface area contributed by atoms with Crippen LogP contribution < -0.4 is 0 Å². The molecule has 0 unspecified atom stereocenters. The van der Waals surface area contributed by atoms with Gasteiger partial charge in [-0.05, 0) is 16.8 Å². The molecule has 0 aromatic heterocycles. The summed E-state index contributed by atoms with van der Waals surface area (Å²) in [5.41, 5.74) is 1.29. The number of benzene rings is 3. The molecule has 0 heterocycles. The summed E-state index contributed by atoms with van der Waals surface area (Å²) in [7, 11) is 0. The maximum Gasteiger partial charge on any atom is 0.234 e. The summed E-state index contributed by atoms with van der Waals surface area (Å²) in [4.78, 5) is 23.8. The molecule has 3 rings (SSSR count). The van der Waals surface area contributed by atoms with Gasteiger partial charge in [0.25, 0.3) is 0 Å². The zero-order chi connectivity index (χ0) is 13.9. The van der Waals surface area contributed by atoms with Gasteiger partial charge in [0.05, 0.1) is 0 Å². The lowest BCUT2D eigenvalue weighted by Crippen LogP contribution is -2.05. The highest BCUT2D eigenvalue weighted by molar-refractivity contribution is 6.16. The largest absolute Gasteiger partial charge is 0.289 e. The summed E-state index contributed by atoms with van der Waals surface area (Å²) < 4.78 is 0. The third-order valence-electron chi connectivity index (χ3n) is 3.31. The van der Waals surface area contributed by atoms with E-state index in [1.165, 1.54) is 0 Å². The van der Waals surface area contributed by atoms with E-state index in [-0.39, 0.29) is 5.78 Å². The van der Waals surface area contributed by atoms with Crippen LogP contribution in [0.5, 0.6) is 0 Å². The first kappa shape index (κ1) is 12.3. The van der Waals surface area contributed by atoms with Crippen molar-refractivity contribution in [3.05, 3.63) is 83.4 Å². The quantitative estimate of drug-likeness (QED) is 0.674. The van der Waals surface area contributed by atoms with E-state index in [1.54, 1.807) is 30.3 Å². The van der Waals surface area contributed by atoms with Gasteiger partial charge in [-0.25, -0.2) is 0 Å². The average molecular weight is 259 g/mol. The SMILES string of the molecule is O=[C]c1c(C(=O)c2ccccc2)ccc2ccccc12. The summed E-state index contributed by atoms with van der Waals surface area (Å²) >= 11 is 0. The molecule has 0 fully saturated rings. The minimum Gasteiger partial charge on any atom is -0.289 e. The molecule has 0 aliphatic carbocycles. The molecule has 2 nitrogen and oxygen atoms in total. The second-order valence-electron chi connectivity index (χ2n) is 4.51. The molecule has 0 spiro atoms. The molecule has 3 aromatic rings. The van der Waals surface area contributed by atoms with E-state index >= 15 is 0 Å². The monoisotopic (exact) mass is 259 g/mol. The molecule has 0 aliphatic heterocycles.